The normalized spacial score (nSPS) is 20.2. The van der Waals surface area contributed by atoms with Crippen LogP contribution in [-0.4, -0.2) is 22.0 Å². The lowest BCUT2D eigenvalue weighted by Crippen LogP contribution is -2.24. The molecule has 4 nitrogen and oxygen atoms in total. The molecule has 0 spiro atoms. The molecule has 3 rings (SSSR count). The van der Waals surface area contributed by atoms with Crippen LogP contribution in [0.3, 0.4) is 0 Å². The van der Waals surface area contributed by atoms with Gasteiger partial charge < -0.3 is 11.1 Å². The molecule has 3 N–H and O–H groups in total. The van der Waals surface area contributed by atoms with Crippen LogP contribution >= 0.6 is 11.6 Å². The van der Waals surface area contributed by atoms with Crippen molar-refractivity contribution >= 4 is 22.9 Å². The first kappa shape index (κ1) is 10.9. The van der Waals surface area contributed by atoms with Gasteiger partial charge in [-0.1, -0.05) is 17.7 Å². The van der Waals surface area contributed by atoms with Crippen LogP contribution in [0.15, 0.2) is 18.2 Å². The molecule has 17 heavy (non-hydrogen) atoms. The lowest BCUT2D eigenvalue weighted by Gasteiger charge is -2.10. The molecule has 1 aliphatic rings. The Kier molecular flexibility index (Phi) is 2.68. The van der Waals surface area contributed by atoms with E-state index in [-0.39, 0.29) is 0 Å². The van der Waals surface area contributed by atoms with Gasteiger partial charge in [-0.25, -0.2) is 4.98 Å². The number of nitrogens with one attached hydrogen (secondary N) is 1. The van der Waals surface area contributed by atoms with Crippen molar-refractivity contribution in [1.29, 1.82) is 0 Å². The maximum atomic E-state index is 6.13. The second-order valence-corrected chi connectivity index (χ2v) is 4.85. The minimum atomic E-state index is 0.497. The van der Waals surface area contributed by atoms with E-state index in [1.807, 2.05) is 22.6 Å². The number of anilines is 1. The highest BCUT2D eigenvalue weighted by atomic mass is 35.5. The zero-order chi connectivity index (χ0) is 11.8. The van der Waals surface area contributed by atoms with Crippen molar-refractivity contribution < 1.29 is 0 Å². The molecular formula is C12H15ClN4. The summed E-state index contributed by atoms with van der Waals surface area (Å²) in [5.41, 5.74) is 6.88. The van der Waals surface area contributed by atoms with Crippen molar-refractivity contribution in [1.82, 2.24) is 14.7 Å². The summed E-state index contributed by atoms with van der Waals surface area (Å²) in [7, 11) is 0. The second-order valence-electron chi connectivity index (χ2n) is 4.49. The maximum absolute atomic E-state index is 6.13. The number of fused-ring (bicyclic) bond motifs is 1. The molecule has 3 heterocycles. The van der Waals surface area contributed by atoms with Crippen molar-refractivity contribution in [2.75, 3.05) is 12.3 Å². The molecule has 0 aromatic carbocycles. The monoisotopic (exact) mass is 250 g/mol. The van der Waals surface area contributed by atoms with E-state index in [1.165, 1.54) is 12.8 Å². The fourth-order valence-corrected chi connectivity index (χ4v) is 2.73. The van der Waals surface area contributed by atoms with E-state index in [2.05, 4.69) is 10.3 Å². The SMILES string of the molecule is Nc1cccc2c(Cl)nc(CC3CCCN3)n12. The lowest BCUT2D eigenvalue weighted by atomic mass is 10.1. The fraction of sp³-hybridized carbons (Fsp3) is 0.417. The Morgan fingerprint density at radius 3 is 3.18 bits per heavy atom. The van der Waals surface area contributed by atoms with Gasteiger partial charge in [0, 0.05) is 12.5 Å². The molecule has 5 heteroatoms. The molecule has 2 aromatic heterocycles. The quantitative estimate of drug-likeness (QED) is 0.856. The predicted molar refractivity (Wildman–Crippen MR) is 69.3 cm³/mol. The molecular weight excluding hydrogens is 236 g/mol. The van der Waals surface area contributed by atoms with E-state index in [0.717, 1.165) is 24.3 Å². The smallest absolute Gasteiger partial charge is 0.155 e. The number of halogens is 1. The van der Waals surface area contributed by atoms with Crippen LogP contribution in [0.4, 0.5) is 5.82 Å². The highest BCUT2D eigenvalue weighted by Crippen LogP contribution is 2.23. The minimum Gasteiger partial charge on any atom is -0.385 e. The summed E-state index contributed by atoms with van der Waals surface area (Å²) in [6.07, 6.45) is 3.30. The molecule has 1 aliphatic heterocycles. The van der Waals surface area contributed by atoms with Gasteiger partial charge in [-0.05, 0) is 31.5 Å². The summed E-state index contributed by atoms with van der Waals surface area (Å²) in [5.74, 6) is 1.64. The zero-order valence-electron chi connectivity index (χ0n) is 9.49. The Morgan fingerprint density at radius 2 is 2.41 bits per heavy atom. The number of nitrogens with two attached hydrogens (primary N) is 1. The first-order valence-corrected chi connectivity index (χ1v) is 6.28. The summed E-state index contributed by atoms with van der Waals surface area (Å²) in [4.78, 5) is 4.42. The van der Waals surface area contributed by atoms with Gasteiger partial charge in [-0.3, -0.25) is 4.40 Å². The van der Waals surface area contributed by atoms with Crippen molar-refractivity contribution in [2.24, 2.45) is 0 Å². The van der Waals surface area contributed by atoms with Crippen LogP contribution in [0.25, 0.3) is 5.52 Å². The number of imidazole rings is 1. The maximum Gasteiger partial charge on any atom is 0.155 e. The third kappa shape index (κ3) is 1.87. The fourth-order valence-electron chi connectivity index (χ4n) is 2.48. The van der Waals surface area contributed by atoms with Crippen LogP contribution in [0, 0.1) is 0 Å². The van der Waals surface area contributed by atoms with Crippen LogP contribution in [0.2, 0.25) is 5.15 Å². The summed E-state index contributed by atoms with van der Waals surface area (Å²) in [5, 5.41) is 3.99. The zero-order valence-corrected chi connectivity index (χ0v) is 10.2. The summed E-state index contributed by atoms with van der Waals surface area (Å²) in [6.45, 7) is 1.09. The Balaban J connectivity index is 2.03. The van der Waals surface area contributed by atoms with Crippen molar-refractivity contribution in [3.05, 3.63) is 29.2 Å². The van der Waals surface area contributed by atoms with Crippen molar-refractivity contribution in [3.8, 4) is 0 Å². The molecule has 0 saturated carbocycles. The van der Waals surface area contributed by atoms with Gasteiger partial charge in [0.15, 0.2) is 5.15 Å². The van der Waals surface area contributed by atoms with Crippen molar-refractivity contribution in [3.63, 3.8) is 0 Å². The van der Waals surface area contributed by atoms with E-state index >= 15 is 0 Å². The van der Waals surface area contributed by atoms with Gasteiger partial charge in [0.05, 0.1) is 5.52 Å². The van der Waals surface area contributed by atoms with Crippen LogP contribution < -0.4 is 11.1 Å². The molecule has 90 valence electrons. The average molecular weight is 251 g/mol. The molecule has 2 aromatic rings. The summed E-state index contributed by atoms with van der Waals surface area (Å²) in [6, 6.07) is 6.21. The largest absolute Gasteiger partial charge is 0.385 e. The third-order valence-corrected chi connectivity index (χ3v) is 3.59. The molecule has 0 aliphatic carbocycles. The first-order valence-electron chi connectivity index (χ1n) is 5.90. The molecule has 0 bridgehead atoms. The second kappa shape index (κ2) is 4.20. The van der Waals surface area contributed by atoms with Gasteiger partial charge in [-0.2, -0.15) is 0 Å². The number of pyridine rings is 1. The van der Waals surface area contributed by atoms with E-state index in [0.29, 0.717) is 17.0 Å². The highest BCUT2D eigenvalue weighted by Gasteiger charge is 2.19. The number of hydrogen-bond acceptors (Lipinski definition) is 3. The standard InChI is InChI=1S/C12H15ClN4/c13-12-9-4-1-5-10(14)17(9)11(16-12)7-8-3-2-6-15-8/h1,4-5,8,15H,2-3,6-7,14H2. The van der Waals surface area contributed by atoms with Gasteiger partial charge in [0.25, 0.3) is 0 Å². The number of nitrogen functional groups attached to an aromatic ring is 1. The Labute approximate surface area is 105 Å². The molecule has 1 unspecified atom stereocenters. The molecule has 1 fully saturated rings. The number of rotatable bonds is 2. The summed E-state index contributed by atoms with van der Waals surface area (Å²) < 4.78 is 1.95. The molecule has 1 saturated heterocycles. The van der Waals surface area contributed by atoms with Crippen LogP contribution in [0.1, 0.15) is 18.7 Å². The summed E-state index contributed by atoms with van der Waals surface area (Å²) >= 11 is 6.13. The molecule has 1 atom stereocenters. The topological polar surface area (TPSA) is 55.3 Å². The third-order valence-electron chi connectivity index (χ3n) is 3.31. The van der Waals surface area contributed by atoms with Crippen molar-refractivity contribution in [2.45, 2.75) is 25.3 Å². The molecule has 0 amide bonds. The van der Waals surface area contributed by atoms with Gasteiger partial charge in [0.2, 0.25) is 0 Å². The lowest BCUT2D eigenvalue weighted by molar-refractivity contribution is 0.585. The molecule has 0 radical (unpaired) electrons. The Morgan fingerprint density at radius 1 is 1.53 bits per heavy atom. The van der Waals surface area contributed by atoms with Gasteiger partial charge in [0.1, 0.15) is 11.6 Å². The highest BCUT2D eigenvalue weighted by molar-refractivity contribution is 6.32. The van der Waals surface area contributed by atoms with E-state index < -0.39 is 0 Å². The number of aromatic nitrogens is 2. The number of nitrogens with zero attached hydrogens (tertiary/aromatic N) is 2. The van der Waals surface area contributed by atoms with Crippen LogP contribution in [-0.2, 0) is 6.42 Å². The van der Waals surface area contributed by atoms with Crippen LogP contribution in [0.5, 0.6) is 0 Å². The Hall–Kier alpha value is -1.26. The predicted octanol–water partition coefficient (Wildman–Crippen LogP) is 1.86. The van der Waals surface area contributed by atoms with E-state index in [1.54, 1.807) is 0 Å². The van der Waals surface area contributed by atoms with E-state index in [9.17, 15) is 0 Å². The van der Waals surface area contributed by atoms with E-state index in [4.69, 9.17) is 17.3 Å². The number of hydrogen-bond donors (Lipinski definition) is 2. The van der Waals surface area contributed by atoms with Gasteiger partial charge in [-0.15, -0.1) is 0 Å². The first-order chi connectivity index (χ1) is 8.25. The minimum absolute atomic E-state index is 0.497. The Bertz CT molecular complexity index is 543. The average Bonchev–Trinajstić information content (AvgIpc) is 2.90. The van der Waals surface area contributed by atoms with Gasteiger partial charge >= 0.3 is 0 Å².